The fourth-order valence-corrected chi connectivity index (χ4v) is 2.97. The fraction of sp³-hybridized carbons (Fsp3) is 0.350. The molecule has 0 spiro atoms. The summed E-state index contributed by atoms with van der Waals surface area (Å²) in [6.45, 7) is 5.93. The van der Waals surface area contributed by atoms with Crippen LogP contribution in [0.25, 0.3) is 5.69 Å². The van der Waals surface area contributed by atoms with Crippen molar-refractivity contribution in [2.24, 2.45) is 0 Å². The summed E-state index contributed by atoms with van der Waals surface area (Å²) in [6, 6.07) is 4.97. The van der Waals surface area contributed by atoms with E-state index in [9.17, 15) is 18.0 Å². The molecular formula is C20H21F3N6O2. The number of likely N-dealkylation sites (N-methyl/N-ethyl adjacent to an activating group) is 1. The monoisotopic (exact) mass is 434 g/mol. The van der Waals surface area contributed by atoms with Crippen molar-refractivity contribution >= 4 is 5.91 Å². The van der Waals surface area contributed by atoms with Crippen LogP contribution < -0.4 is 4.74 Å². The number of carbonyl (C=O) groups is 1. The molecule has 164 valence electrons. The molecule has 0 bridgehead atoms. The van der Waals surface area contributed by atoms with Crippen molar-refractivity contribution in [2.75, 3.05) is 13.2 Å². The number of rotatable bonds is 7. The Morgan fingerprint density at radius 2 is 1.90 bits per heavy atom. The van der Waals surface area contributed by atoms with Crippen molar-refractivity contribution in [2.45, 2.75) is 33.0 Å². The quantitative estimate of drug-likeness (QED) is 0.567. The van der Waals surface area contributed by atoms with Crippen LogP contribution in [0.1, 0.15) is 35.5 Å². The molecule has 1 amide bonds. The van der Waals surface area contributed by atoms with Gasteiger partial charge in [-0.15, -0.1) is 0 Å². The third-order valence-electron chi connectivity index (χ3n) is 4.54. The van der Waals surface area contributed by atoms with Crippen LogP contribution in [0.3, 0.4) is 0 Å². The van der Waals surface area contributed by atoms with Crippen LogP contribution in [0, 0.1) is 6.92 Å². The number of aryl methyl sites for hydroxylation is 1. The highest BCUT2D eigenvalue weighted by molar-refractivity contribution is 5.98. The number of alkyl halides is 3. The predicted molar refractivity (Wildman–Crippen MR) is 105 cm³/mol. The zero-order chi connectivity index (χ0) is 22.6. The Kier molecular flexibility index (Phi) is 6.52. The van der Waals surface area contributed by atoms with Crippen LogP contribution in [-0.4, -0.2) is 55.0 Å². The van der Waals surface area contributed by atoms with Gasteiger partial charge in [0.2, 0.25) is 5.88 Å². The molecule has 0 saturated carbocycles. The van der Waals surface area contributed by atoms with Crippen LogP contribution in [0.2, 0.25) is 0 Å². The lowest BCUT2D eigenvalue weighted by Gasteiger charge is -2.28. The molecule has 0 radical (unpaired) electrons. The molecule has 1 atom stereocenters. The second kappa shape index (κ2) is 9.11. The normalized spacial score (nSPS) is 12.5. The molecule has 0 unspecified atom stereocenters. The van der Waals surface area contributed by atoms with Gasteiger partial charge >= 0.3 is 6.18 Å². The van der Waals surface area contributed by atoms with Gasteiger partial charge in [0.15, 0.2) is 5.69 Å². The summed E-state index contributed by atoms with van der Waals surface area (Å²) >= 11 is 0. The Bertz CT molecular complexity index is 1020. The molecule has 3 aromatic rings. The molecule has 8 nitrogen and oxygen atoms in total. The summed E-state index contributed by atoms with van der Waals surface area (Å²) in [7, 11) is 0. The predicted octanol–water partition coefficient (Wildman–Crippen LogP) is 3.31. The van der Waals surface area contributed by atoms with Crippen LogP contribution >= 0.6 is 0 Å². The smallest absolute Gasteiger partial charge is 0.434 e. The number of halogens is 3. The number of benzene rings is 1. The van der Waals surface area contributed by atoms with Gasteiger partial charge < -0.3 is 9.64 Å². The minimum Gasteiger partial charge on any atom is -0.474 e. The van der Waals surface area contributed by atoms with Crippen molar-refractivity contribution in [3.8, 4) is 11.6 Å². The van der Waals surface area contributed by atoms with Crippen LogP contribution in [-0.2, 0) is 6.18 Å². The van der Waals surface area contributed by atoms with E-state index >= 15 is 0 Å². The third-order valence-corrected chi connectivity index (χ3v) is 4.54. The minimum absolute atomic E-state index is 0.0286. The van der Waals surface area contributed by atoms with E-state index in [1.165, 1.54) is 17.2 Å². The number of ether oxygens (including phenoxy) is 1. The summed E-state index contributed by atoms with van der Waals surface area (Å²) in [6.07, 6.45) is -0.00157. The van der Waals surface area contributed by atoms with Crippen molar-refractivity contribution in [1.82, 2.24) is 29.9 Å². The Balaban J connectivity index is 1.74. The van der Waals surface area contributed by atoms with E-state index in [0.29, 0.717) is 24.0 Å². The fourth-order valence-electron chi connectivity index (χ4n) is 2.97. The summed E-state index contributed by atoms with van der Waals surface area (Å²) in [5.41, 5.74) is 0.821. The highest BCUT2D eigenvalue weighted by Crippen LogP contribution is 2.27. The SMILES string of the molecule is CCN(C(=O)c1ccc(C)cc1-n1nccn1)[C@@H](C)COc1cnc(C(F)(F)F)cn1. The summed E-state index contributed by atoms with van der Waals surface area (Å²) in [5, 5.41) is 8.23. The standard InChI is InChI=1S/C20H21F3N6O2/c1-4-28(14(3)12-31-18-11-24-17(10-25-18)20(21,22)23)19(30)15-6-5-13(2)9-16(15)29-26-7-8-27-29/h5-11,14H,4,12H2,1-3H3/t14-/m0/s1. The maximum absolute atomic E-state index is 13.3. The van der Waals surface area contributed by atoms with Gasteiger partial charge in [0.05, 0.1) is 42.1 Å². The van der Waals surface area contributed by atoms with Crippen molar-refractivity contribution in [3.63, 3.8) is 0 Å². The molecule has 2 aromatic heterocycles. The van der Waals surface area contributed by atoms with Gasteiger partial charge in [-0.05, 0) is 38.5 Å². The molecule has 0 aliphatic carbocycles. The number of hydrogen-bond acceptors (Lipinski definition) is 6. The van der Waals surface area contributed by atoms with Gasteiger partial charge in [0.1, 0.15) is 6.61 Å². The highest BCUT2D eigenvalue weighted by Gasteiger charge is 2.33. The molecule has 0 saturated heterocycles. The minimum atomic E-state index is -4.57. The maximum Gasteiger partial charge on any atom is 0.434 e. The Morgan fingerprint density at radius 1 is 1.19 bits per heavy atom. The summed E-state index contributed by atoms with van der Waals surface area (Å²) in [5.74, 6) is -0.301. The van der Waals surface area contributed by atoms with Gasteiger partial charge in [0.25, 0.3) is 5.91 Å². The summed E-state index contributed by atoms with van der Waals surface area (Å²) < 4.78 is 43.3. The maximum atomic E-state index is 13.3. The lowest BCUT2D eigenvalue weighted by molar-refractivity contribution is -0.141. The molecular weight excluding hydrogens is 413 g/mol. The van der Waals surface area contributed by atoms with E-state index in [1.807, 2.05) is 26.0 Å². The first-order valence-corrected chi connectivity index (χ1v) is 9.51. The van der Waals surface area contributed by atoms with Crippen molar-refractivity contribution in [3.05, 3.63) is 59.8 Å². The van der Waals surface area contributed by atoms with Gasteiger partial charge in [-0.25, -0.2) is 9.97 Å². The number of hydrogen-bond donors (Lipinski definition) is 0. The number of nitrogens with zero attached hydrogens (tertiary/aromatic N) is 6. The van der Waals surface area contributed by atoms with Crippen LogP contribution in [0.4, 0.5) is 13.2 Å². The molecule has 0 N–H and O–H groups in total. The van der Waals surface area contributed by atoms with Crippen LogP contribution in [0.15, 0.2) is 43.0 Å². The topological polar surface area (TPSA) is 86.0 Å². The van der Waals surface area contributed by atoms with E-state index in [2.05, 4.69) is 20.2 Å². The van der Waals surface area contributed by atoms with E-state index in [0.717, 1.165) is 11.8 Å². The van der Waals surface area contributed by atoms with E-state index in [4.69, 9.17) is 4.74 Å². The number of aromatic nitrogens is 5. The average Bonchev–Trinajstić information content (AvgIpc) is 3.27. The number of carbonyl (C=O) groups excluding carboxylic acids is 1. The van der Waals surface area contributed by atoms with Gasteiger partial charge in [-0.1, -0.05) is 6.07 Å². The van der Waals surface area contributed by atoms with E-state index in [1.54, 1.807) is 17.9 Å². The first kappa shape index (κ1) is 22.2. The molecule has 2 heterocycles. The van der Waals surface area contributed by atoms with Gasteiger partial charge in [-0.3, -0.25) is 4.79 Å². The second-order valence-corrected chi connectivity index (χ2v) is 6.83. The Labute approximate surface area is 176 Å². The number of amides is 1. The zero-order valence-corrected chi connectivity index (χ0v) is 17.2. The Morgan fingerprint density at radius 3 is 2.48 bits per heavy atom. The lowest BCUT2D eigenvalue weighted by Crippen LogP contribution is -2.42. The molecule has 31 heavy (non-hydrogen) atoms. The van der Waals surface area contributed by atoms with Crippen molar-refractivity contribution < 1.29 is 22.7 Å². The van der Waals surface area contributed by atoms with E-state index in [-0.39, 0.29) is 24.4 Å². The first-order chi connectivity index (χ1) is 14.7. The molecule has 0 aliphatic rings. The molecule has 1 aromatic carbocycles. The zero-order valence-electron chi connectivity index (χ0n) is 17.2. The van der Waals surface area contributed by atoms with Gasteiger partial charge in [-0.2, -0.15) is 28.2 Å². The average molecular weight is 434 g/mol. The largest absolute Gasteiger partial charge is 0.474 e. The molecule has 3 rings (SSSR count). The van der Waals surface area contributed by atoms with Crippen molar-refractivity contribution in [1.29, 1.82) is 0 Å². The first-order valence-electron chi connectivity index (χ1n) is 9.51. The highest BCUT2D eigenvalue weighted by atomic mass is 19.4. The van der Waals surface area contributed by atoms with Crippen LogP contribution in [0.5, 0.6) is 5.88 Å². The third kappa shape index (κ3) is 5.16. The molecule has 11 heteroatoms. The Hall–Kier alpha value is -3.50. The molecule has 0 fully saturated rings. The van der Waals surface area contributed by atoms with Gasteiger partial charge in [0, 0.05) is 6.54 Å². The molecule has 0 aliphatic heterocycles. The lowest BCUT2D eigenvalue weighted by atomic mass is 10.1. The second-order valence-electron chi connectivity index (χ2n) is 6.83. The summed E-state index contributed by atoms with van der Waals surface area (Å²) in [4.78, 5) is 23.2. The van der Waals surface area contributed by atoms with E-state index < -0.39 is 11.9 Å².